The molecule has 122 valence electrons. The maximum atomic E-state index is 12.2. The Bertz CT molecular complexity index is 434. The molecule has 0 aliphatic carbocycles. The number of rotatable bonds is 10. The SMILES string of the molecule is FC(Cl)=CCCCOc1ccc(OCCCC=C(F)Cl)cc1. The molecule has 6 heteroatoms. The van der Waals surface area contributed by atoms with Crippen LogP contribution in [0.2, 0.25) is 0 Å². The monoisotopic (exact) mass is 350 g/mol. The van der Waals surface area contributed by atoms with Crippen LogP contribution in [0.4, 0.5) is 8.78 Å². The van der Waals surface area contributed by atoms with E-state index in [2.05, 4.69) is 0 Å². The molecule has 0 N–H and O–H groups in total. The first-order valence-corrected chi connectivity index (χ1v) is 7.71. The molecule has 2 nitrogen and oxygen atoms in total. The predicted octanol–water partition coefficient (Wildman–Crippen LogP) is 6.10. The van der Waals surface area contributed by atoms with Gasteiger partial charge in [0, 0.05) is 0 Å². The number of hydrogen-bond acceptors (Lipinski definition) is 2. The van der Waals surface area contributed by atoms with E-state index < -0.39 is 10.6 Å². The maximum absolute atomic E-state index is 12.2. The molecule has 0 heterocycles. The first-order valence-electron chi connectivity index (χ1n) is 6.96. The van der Waals surface area contributed by atoms with Crippen molar-refractivity contribution >= 4 is 23.2 Å². The van der Waals surface area contributed by atoms with E-state index in [0.29, 0.717) is 38.9 Å². The normalized spacial score (nSPS) is 12.4. The van der Waals surface area contributed by atoms with Crippen LogP contribution in [0.25, 0.3) is 0 Å². The Hall–Kier alpha value is -1.26. The van der Waals surface area contributed by atoms with Crippen LogP contribution in [0.15, 0.2) is 47.0 Å². The smallest absolute Gasteiger partial charge is 0.185 e. The molecule has 0 fully saturated rings. The van der Waals surface area contributed by atoms with Gasteiger partial charge in [-0.1, -0.05) is 23.2 Å². The summed E-state index contributed by atoms with van der Waals surface area (Å²) < 4.78 is 35.5. The number of unbranched alkanes of at least 4 members (excludes halogenated alkanes) is 2. The van der Waals surface area contributed by atoms with Gasteiger partial charge >= 0.3 is 0 Å². The number of halogens is 4. The Morgan fingerprint density at radius 2 is 1.18 bits per heavy atom. The largest absolute Gasteiger partial charge is 0.494 e. The molecular weight excluding hydrogens is 333 g/mol. The van der Waals surface area contributed by atoms with Crippen molar-refractivity contribution in [1.29, 1.82) is 0 Å². The molecule has 0 saturated carbocycles. The second-order valence-electron chi connectivity index (χ2n) is 4.44. The van der Waals surface area contributed by atoms with Gasteiger partial charge < -0.3 is 9.47 Å². The van der Waals surface area contributed by atoms with Gasteiger partial charge in [-0.2, -0.15) is 8.78 Å². The van der Waals surface area contributed by atoms with Crippen LogP contribution in [0.1, 0.15) is 25.7 Å². The van der Waals surface area contributed by atoms with Crippen molar-refractivity contribution in [1.82, 2.24) is 0 Å². The van der Waals surface area contributed by atoms with E-state index in [1.807, 2.05) is 0 Å². The molecular formula is C16H18Cl2F2O2. The topological polar surface area (TPSA) is 18.5 Å². The van der Waals surface area contributed by atoms with Crippen molar-refractivity contribution in [2.45, 2.75) is 25.7 Å². The zero-order valence-corrected chi connectivity index (χ0v) is 13.5. The highest BCUT2D eigenvalue weighted by molar-refractivity contribution is 6.28. The van der Waals surface area contributed by atoms with Crippen molar-refractivity contribution in [3.63, 3.8) is 0 Å². The molecule has 0 unspecified atom stereocenters. The first-order chi connectivity index (χ1) is 10.6. The number of allylic oxidation sites excluding steroid dienone is 2. The molecule has 1 aromatic carbocycles. The summed E-state index contributed by atoms with van der Waals surface area (Å²) in [5.74, 6) is 1.43. The van der Waals surface area contributed by atoms with Crippen molar-refractivity contribution in [3.8, 4) is 11.5 Å². The van der Waals surface area contributed by atoms with Gasteiger partial charge in [0.2, 0.25) is 0 Å². The van der Waals surface area contributed by atoms with Crippen LogP contribution in [0, 0.1) is 0 Å². The van der Waals surface area contributed by atoms with Crippen LogP contribution in [-0.4, -0.2) is 13.2 Å². The van der Waals surface area contributed by atoms with E-state index in [1.54, 1.807) is 24.3 Å². The summed E-state index contributed by atoms with van der Waals surface area (Å²) in [6.07, 6.45) is 5.06. The molecule has 0 atom stereocenters. The highest BCUT2D eigenvalue weighted by Gasteiger charge is 1.97. The van der Waals surface area contributed by atoms with Gasteiger partial charge in [0.1, 0.15) is 11.5 Å². The van der Waals surface area contributed by atoms with E-state index in [-0.39, 0.29) is 0 Å². The minimum absolute atomic E-state index is 0.483. The van der Waals surface area contributed by atoms with Gasteiger partial charge in [-0.25, -0.2) is 0 Å². The molecule has 0 aliphatic rings. The molecule has 0 saturated heterocycles. The summed E-state index contributed by atoms with van der Waals surface area (Å²) >= 11 is 10.2. The van der Waals surface area contributed by atoms with Crippen LogP contribution in [0.3, 0.4) is 0 Å². The lowest BCUT2D eigenvalue weighted by molar-refractivity contribution is 0.303. The fourth-order valence-corrected chi connectivity index (χ4v) is 1.82. The lowest BCUT2D eigenvalue weighted by Gasteiger charge is -2.08. The number of ether oxygens (including phenoxy) is 2. The fraction of sp³-hybridized carbons (Fsp3) is 0.375. The lowest BCUT2D eigenvalue weighted by atomic mass is 10.3. The van der Waals surface area contributed by atoms with Gasteiger partial charge in [-0.3, -0.25) is 0 Å². The van der Waals surface area contributed by atoms with Gasteiger partial charge in [-0.05, 0) is 62.1 Å². The highest BCUT2D eigenvalue weighted by Crippen LogP contribution is 2.18. The van der Waals surface area contributed by atoms with Crippen LogP contribution >= 0.6 is 23.2 Å². The molecule has 0 amide bonds. The summed E-state index contributed by atoms with van der Waals surface area (Å²) in [5.41, 5.74) is 0. The molecule has 1 aromatic rings. The standard InChI is InChI=1S/C16H18Cl2F2O2/c17-15(19)5-1-3-11-21-13-7-9-14(10-8-13)22-12-4-2-6-16(18)20/h5-10H,1-4,11-12H2. The Morgan fingerprint density at radius 1 is 0.818 bits per heavy atom. The molecule has 1 rings (SSSR count). The number of benzene rings is 1. The van der Waals surface area contributed by atoms with E-state index in [4.69, 9.17) is 32.7 Å². The number of hydrogen-bond donors (Lipinski definition) is 0. The Labute approximate surface area is 139 Å². The summed E-state index contributed by atoms with van der Waals surface area (Å²) in [5, 5.41) is -1.38. The van der Waals surface area contributed by atoms with Gasteiger partial charge in [0.15, 0.2) is 10.6 Å². The quantitative estimate of drug-likeness (QED) is 0.474. The van der Waals surface area contributed by atoms with Crippen molar-refractivity contribution in [2.75, 3.05) is 13.2 Å². The molecule has 0 spiro atoms. The lowest BCUT2D eigenvalue weighted by Crippen LogP contribution is -1.98. The van der Waals surface area contributed by atoms with Crippen molar-refractivity contribution in [3.05, 3.63) is 47.0 Å². The average Bonchev–Trinajstić information content (AvgIpc) is 2.47. The van der Waals surface area contributed by atoms with Crippen LogP contribution in [0.5, 0.6) is 11.5 Å². The molecule has 22 heavy (non-hydrogen) atoms. The van der Waals surface area contributed by atoms with E-state index >= 15 is 0 Å². The van der Waals surface area contributed by atoms with E-state index in [1.165, 1.54) is 12.2 Å². The van der Waals surface area contributed by atoms with Crippen LogP contribution in [-0.2, 0) is 0 Å². The summed E-state index contributed by atoms with van der Waals surface area (Å²) in [6.45, 7) is 0.967. The van der Waals surface area contributed by atoms with E-state index in [9.17, 15) is 8.78 Å². The third kappa shape index (κ3) is 9.64. The summed E-state index contributed by atoms with van der Waals surface area (Å²) in [7, 11) is 0. The zero-order valence-electron chi connectivity index (χ0n) is 12.0. The first kappa shape index (κ1) is 18.8. The van der Waals surface area contributed by atoms with Gasteiger partial charge in [0.25, 0.3) is 0 Å². The Kier molecular flexibility index (Phi) is 9.67. The third-order valence-corrected chi connectivity index (χ3v) is 2.96. The third-order valence-electron chi connectivity index (χ3n) is 2.66. The summed E-state index contributed by atoms with van der Waals surface area (Å²) in [4.78, 5) is 0. The second-order valence-corrected chi connectivity index (χ2v) is 5.16. The highest BCUT2D eigenvalue weighted by atomic mass is 35.5. The van der Waals surface area contributed by atoms with Crippen molar-refractivity contribution in [2.24, 2.45) is 0 Å². The van der Waals surface area contributed by atoms with E-state index in [0.717, 1.165) is 11.5 Å². The molecule has 0 bridgehead atoms. The van der Waals surface area contributed by atoms with Gasteiger partial charge in [0.05, 0.1) is 13.2 Å². The van der Waals surface area contributed by atoms with Crippen molar-refractivity contribution < 1.29 is 18.3 Å². The molecule has 0 aromatic heterocycles. The average molecular weight is 351 g/mol. The van der Waals surface area contributed by atoms with Gasteiger partial charge in [-0.15, -0.1) is 0 Å². The predicted molar refractivity (Wildman–Crippen MR) is 86.0 cm³/mol. The second kappa shape index (κ2) is 11.3. The zero-order chi connectivity index (χ0) is 16.2. The minimum atomic E-state index is -0.689. The Balaban J connectivity index is 2.19. The summed E-state index contributed by atoms with van der Waals surface area (Å²) in [6, 6.07) is 7.19. The minimum Gasteiger partial charge on any atom is -0.494 e. The molecule has 0 aliphatic heterocycles. The van der Waals surface area contributed by atoms with Crippen LogP contribution < -0.4 is 9.47 Å². The molecule has 0 radical (unpaired) electrons. The Morgan fingerprint density at radius 3 is 1.50 bits per heavy atom. The fourth-order valence-electron chi connectivity index (χ4n) is 1.60. The maximum Gasteiger partial charge on any atom is 0.185 e.